The molecule has 0 saturated carbocycles. The van der Waals surface area contributed by atoms with E-state index in [0.717, 1.165) is 44.0 Å². The van der Waals surface area contributed by atoms with Crippen molar-refractivity contribution < 1.29 is 46.1 Å². The summed E-state index contributed by atoms with van der Waals surface area (Å²) < 4.78 is 65.6. The zero-order valence-corrected chi connectivity index (χ0v) is 21.8. The number of carbonyl (C=O) groups is 2. The summed E-state index contributed by atoms with van der Waals surface area (Å²) in [6, 6.07) is 1.71. The maximum atomic E-state index is 10.6. The Morgan fingerprint density at radius 2 is 1.45 bits per heavy atom. The first-order valence-electron chi connectivity index (χ1n) is 12.4. The van der Waals surface area contributed by atoms with Crippen LogP contribution in [-0.2, 0) is 16.1 Å². The zero-order chi connectivity index (χ0) is 30.1. The minimum Gasteiger partial charge on any atom is -0.475 e. The van der Waals surface area contributed by atoms with Gasteiger partial charge in [-0.25, -0.2) is 19.3 Å². The molecule has 0 bridgehead atoms. The Labute approximate surface area is 225 Å². The molecule has 2 aromatic heterocycles. The molecule has 224 valence electrons. The van der Waals surface area contributed by atoms with Gasteiger partial charge in [0.05, 0.1) is 24.1 Å². The highest BCUT2D eigenvalue weighted by Gasteiger charge is 2.39. The van der Waals surface area contributed by atoms with Gasteiger partial charge in [0.25, 0.3) is 0 Å². The van der Waals surface area contributed by atoms with Crippen molar-refractivity contribution >= 4 is 17.8 Å². The summed E-state index contributed by atoms with van der Waals surface area (Å²) in [6.45, 7) is 7.56. The molecule has 11 nitrogen and oxygen atoms in total. The van der Waals surface area contributed by atoms with Gasteiger partial charge >= 0.3 is 24.3 Å². The van der Waals surface area contributed by atoms with Crippen molar-refractivity contribution in [1.82, 2.24) is 29.9 Å². The van der Waals surface area contributed by atoms with E-state index >= 15 is 0 Å². The smallest absolute Gasteiger partial charge is 0.475 e. The van der Waals surface area contributed by atoms with Gasteiger partial charge in [-0.15, -0.1) is 5.10 Å². The van der Waals surface area contributed by atoms with E-state index < -0.39 is 24.3 Å². The average molecular weight is 584 g/mol. The van der Waals surface area contributed by atoms with Crippen LogP contribution in [0, 0.1) is 0 Å². The van der Waals surface area contributed by atoms with Crippen LogP contribution in [0.1, 0.15) is 57.7 Å². The summed E-state index contributed by atoms with van der Waals surface area (Å²) in [5.74, 6) is -4.54. The first-order chi connectivity index (χ1) is 18.6. The molecule has 2 aliphatic rings. The molecule has 0 aliphatic carbocycles. The molecule has 0 aromatic carbocycles. The molecule has 0 unspecified atom stereocenters. The standard InChI is InChI=1S/C19H29N7.2C2HF3O2/c1-15-4-3-5-16(2)25(15)13-17-14-26(23-22-17)18-6-10-24(11-7-18)19-12-20-8-9-21-19;2*3-2(4,5)1(6)7/h8-9,12,14-16,18H,3-7,10-11,13H2,1-2H3;2*(H,6,7)/t15-,16+;;. The Hall–Kier alpha value is -3.50. The van der Waals surface area contributed by atoms with Gasteiger partial charge in [0, 0.05) is 44.1 Å². The molecule has 2 saturated heterocycles. The number of anilines is 1. The lowest BCUT2D eigenvalue weighted by Gasteiger charge is -2.38. The normalized spacial score (nSPS) is 20.6. The molecular formula is C23H31F6N7O4. The van der Waals surface area contributed by atoms with E-state index in [0.29, 0.717) is 18.1 Å². The van der Waals surface area contributed by atoms with Gasteiger partial charge in [0.2, 0.25) is 0 Å². The second kappa shape index (κ2) is 14.2. The van der Waals surface area contributed by atoms with E-state index in [-0.39, 0.29) is 0 Å². The van der Waals surface area contributed by atoms with E-state index in [9.17, 15) is 26.3 Å². The number of rotatable bonds is 4. The summed E-state index contributed by atoms with van der Waals surface area (Å²) in [7, 11) is 0. The maximum Gasteiger partial charge on any atom is 0.490 e. The minimum atomic E-state index is -5.08. The SMILES string of the molecule is C[C@@H]1CCC[C@H](C)N1Cc1cn(C2CCN(c3cnccn3)CC2)nn1.O=C(O)C(F)(F)F.O=C(O)C(F)(F)F. The third-order valence-corrected chi connectivity index (χ3v) is 6.48. The lowest BCUT2D eigenvalue weighted by molar-refractivity contribution is -0.193. The number of carboxylic acids is 2. The first-order valence-corrected chi connectivity index (χ1v) is 12.4. The zero-order valence-electron chi connectivity index (χ0n) is 21.8. The topological polar surface area (TPSA) is 138 Å². The predicted octanol–water partition coefficient (Wildman–Crippen LogP) is 3.94. The van der Waals surface area contributed by atoms with Gasteiger partial charge < -0.3 is 15.1 Å². The summed E-state index contributed by atoms with van der Waals surface area (Å²) in [5.41, 5.74) is 1.10. The highest BCUT2D eigenvalue weighted by Crippen LogP contribution is 2.26. The Balaban J connectivity index is 0.000000333. The highest BCUT2D eigenvalue weighted by molar-refractivity contribution is 5.73. The van der Waals surface area contributed by atoms with E-state index in [1.165, 1.54) is 19.3 Å². The Bertz CT molecular complexity index is 1040. The molecule has 17 heteroatoms. The monoisotopic (exact) mass is 583 g/mol. The third-order valence-electron chi connectivity index (χ3n) is 6.48. The van der Waals surface area contributed by atoms with E-state index in [1.807, 2.05) is 6.20 Å². The summed E-state index contributed by atoms with van der Waals surface area (Å²) >= 11 is 0. The van der Waals surface area contributed by atoms with Crippen LogP contribution in [0.2, 0.25) is 0 Å². The van der Waals surface area contributed by atoms with E-state index in [2.05, 4.69) is 54.8 Å². The molecule has 2 fully saturated rings. The fourth-order valence-corrected chi connectivity index (χ4v) is 4.35. The number of aromatic nitrogens is 5. The number of nitrogens with zero attached hydrogens (tertiary/aromatic N) is 7. The molecule has 4 rings (SSSR count). The number of likely N-dealkylation sites (tertiary alicyclic amines) is 1. The average Bonchev–Trinajstić information content (AvgIpc) is 3.35. The van der Waals surface area contributed by atoms with Crippen molar-refractivity contribution in [3.05, 3.63) is 30.5 Å². The molecule has 0 radical (unpaired) electrons. The Morgan fingerprint density at radius 1 is 0.925 bits per heavy atom. The van der Waals surface area contributed by atoms with Crippen molar-refractivity contribution in [3.8, 4) is 0 Å². The van der Waals surface area contributed by atoms with Gasteiger partial charge in [-0.1, -0.05) is 11.6 Å². The highest BCUT2D eigenvalue weighted by atomic mass is 19.4. The number of halogens is 6. The van der Waals surface area contributed by atoms with Crippen LogP contribution in [0.3, 0.4) is 0 Å². The Kier molecular flexibility index (Phi) is 11.6. The summed E-state index contributed by atoms with van der Waals surface area (Å²) in [5, 5.41) is 23.2. The van der Waals surface area contributed by atoms with Crippen LogP contribution in [0.15, 0.2) is 24.8 Å². The van der Waals surface area contributed by atoms with Crippen molar-refractivity contribution in [2.24, 2.45) is 0 Å². The van der Waals surface area contributed by atoms with Crippen LogP contribution in [0.4, 0.5) is 32.2 Å². The number of carboxylic acid groups (broad SMARTS) is 2. The minimum absolute atomic E-state index is 0.431. The molecule has 2 atom stereocenters. The van der Waals surface area contributed by atoms with Crippen LogP contribution in [-0.4, -0.2) is 89.5 Å². The van der Waals surface area contributed by atoms with E-state index in [1.54, 1.807) is 12.4 Å². The molecule has 0 amide bonds. The molecule has 40 heavy (non-hydrogen) atoms. The van der Waals surface area contributed by atoms with Crippen LogP contribution in [0.5, 0.6) is 0 Å². The molecule has 2 aromatic rings. The van der Waals surface area contributed by atoms with Crippen molar-refractivity contribution in [2.75, 3.05) is 18.0 Å². The lowest BCUT2D eigenvalue weighted by atomic mass is 9.97. The van der Waals surface area contributed by atoms with Crippen LogP contribution < -0.4 is 4.90 Å². The predicted molar refractivity (Wildman–Crippen MR) is 128 cm³/mol. The number of hydrogen-bond donors (Lipinski definition) is 2. The second-order valence-electron chi connectivity index (χ2n) is 9.38. The largest absolute Gasteiger partial charge is 0.490 e. The summed E-state index contributed by atoms with van der Waals surface area (Å²) in [6.07, 6.45) is 3.37. The van der Waals surface area contributed by atoms with Gasteiger partial charge in [-0.3, -0.25) is 9.88 Å². The summed E-state index contributed by atoms with van der Waals surface area (Å²) in [4.78, 5) is 31.3. The van der Waals surface area contributed by atoms with Gasteiger partial charge in [0.15, 0.2) is 0 Å². The van der Waals surface area contributed by atoms with Crippen LogP contribution >= 0.6 is 0 Å². The third kappa shape index (κ3) is 10.2. The van der Waals surface area contributed by atoms with Crippen molar-refractivity contribution in [1.29, 1.82) is 0 Å². The number of piperidine rings is 2. The van der Waals surface area contributed by atoms with Gasteiger partial charge in [-0.05, 0) is 39.5 Å². The van der Waals surface area contributed by atoms with Crippen molar-refractivity contribution in [3.63, 3.8) is 0 Å². The fourth-order valence-electron chi connectivity index (χ4n) is 4.35. The Morgan fingerprint density at radius 3 is 1.90 bits per heavy atom. The van der Waals surface area contributed by atoms with E-state index in [4.69, 9.17) is 19.8 Å². The van der Waals surface area contributed by atoms with Crippen LogP contribution in [0.25, 0.3) is 0 Å². The quantitative estimate of drug-likeness (QED) is 0.509. The molecule has 2 aliphatic heterocycles. The number of hydrogen-bond acceptors (Lipinski definition) is 8. The number of alkyl halides is 6. The second-order valence-corrected chi connectivity index (χ2v) is 9.38. The number of aliphatic carboxylic acids is 2. The molecule has 4 heterocycles. The molecular weight excluding hydrogens is 552 g/mol. The van der Waals surface area contributed by atoms with Gasteiger partial charge in [0.1, 0.15) is 5.82 Å². The van der Waals surface area contributed by atoms with Gasteiger partial charge in [-0.2, -0.15) is 26.3 Å². The maximum absolute atomic E-state index is 10.6. The fraction of sp³-hybridized carbons (Fsp3) is 0.652. The molecule has 2 N–H and O–H groups in total. The first kappa shape index (κ1) is 32.7. The molecule has 0 spiro atoms. The van der Waals surface area contributed by atoms with Crippen molar-refractivity contribution in [2.45, 2.75) is 83.0 Å². The lowest BCUT2D eigenvalue weighted by Crippen LogP contribution is -2.43.